The number of para-hydroxylation sites is 1. The Morgan fingerprint density at radius 1 is 1.00 bits per heavy atom. The van der Waals surface area contributed by atoms with Gasteiger partial charge in [0, 0.05) is 24.8 Å². The van der Waals surface area contributed by atoms with Crippen molar-refractivity contribution in [3.8, 4) is 0 Å². The molecule has 0 spiro atoms. The molecule has 1 aliphatic rings. The number of fused-ring (bicyclic) bond motifs is 1. The van der Waals surface area contributed by atoms with Gasteiger partial charge in [-0.05, 0) is 55.7 Å². The Balaban J connectivity index is 1.54. The van der Waals surface area contributed by atoms with Gasteiger partial charge < -0.3 is 9.73 Å². The highest BCUT2D eigenvalue weighted by molar-refractivity contribution is 7.89. The molecule has 1 fully saturated rings. The molecular formula is C23H24N2O5S. The highest BCUT2D eigenvalue weighted by Crippen LogP contribution is 2.22. The lowest BCUT2D eigenvalue weighted by molar-refractivity contribution is 0.0997. The third kappa shape index (κ3) is 4.40. The Labute approximate surface area is 180 Å². The van der Waals surface area contributed by atoms with Gasteiger partial charge in [0.15, 0.2) is 11.2 Å². The summed E-state index contributed by atoms with van der Waals surface area (Å²) in [6.07, 6.45) is 3.82. The van der Waals surface area contributed by atoms with Crippen LogP contribution in [0, 0.1) is 6.92 Å². The molecule has 1 N–H and O–H groups in total. The lowest BCUT2D eigenvalue weighted by Gasteiger charge is -2.20. The molecule has 2 aromatic carbocycles. The molecule has 0 atom stereocenters. The van der Waals surface area contributed by atoms with Crippen molar-refractivity contribution in [3.63, 3.8) is 0 Å². The summed E-state index contributed by atoms with van der Waals surface area (Å²) < 4.78 is 32.9. The van der Waals surface area contributed by atoms with E-state index in [4.69, 9.17) is 4.42 Å². The Kier molecular flexibility index (Phi) is 5.93. The molecule has 1 aliphatic heterocycles. The monoisotopic (exact) mass is 440 g/mol. The van der Waals surface area contributed by atoms with E-state index in [2.05, 4.69) is 5.32 Å². The molecule has 0 bridgehead atoms. The predicted molar refractivity (Wildman–Crippen MR) is 119 cm³/mol. The minimum Gasteiger partial charge on any atom is -0.450 e. The van der Waals surface area contributed by atoms with Crippen LogP contribution >= 0.6 is 0 Å². The molecule has 162 valence electrons. The van der Waals surface area contributed by atoms with Crippen molar-refractivity contribution in [2.75, 3.05) is 18.4 Å². The van der Waals surface area contributed by atoms with Crippen LogP contribution in [0.3, 0.4) is 0 Å². The summed E-state index contributed by atoms with van der Waals surface area (Å²) in [6.45, 7) is 2.86. The minimum atomic E-state index is -3.56. The first-order valence-corrected chi connectivity index (χ1v) is 11.8. The number of rotatable bonds is 4. The Morgan fingerprint density at radius 2 is 1.68 bits per heavy atom. The highest BCUT2D eigenvalue weighted by atomic mass is 32.2. The van der Waals surface area contributed by atoms with Gasteiger partial charge in [0.05, 0.1) is 10.3 Å². The van der Waals surface area contributed by atoms with Crippen LogP contribution in [0.5, 0.6) is 0 Å². The maximum atomic E-state index is 12.9. The smallest absolute Gasteiger partial charge is 0.291 e. The first kappa shape index (κ1) is 21.3. The van der Waals surface area contributed by atoms with E-state index in [1.807, 2.05) is 0 Å². The van der Waals surface area contributed by atoms with Gasteiger partial charge in [-0.25, -0.2) is 8.42 Å². The number of benzene rings is 2. The van der Waals surface area contributed by atoms with Gasteiger partial charge in [-0.15, -0.1) is 0 Å². The van der Waals surface area contributed by atoms with Crippen LogP contribution in [0.1, 0.15) is 41.8 Å². The van der Waals surface area contributed by atoms with Crippen LogP contribution in [-0.4, -0.2) is 31.7 Å². The molecule has 8 heteroatoms. The summed E-state index contributed by atoms with van der Waals surface area (Å²) in [5.74, 6) is -0.682. The van der Waals surface area contributed by atoms with Crippen LogP contribution in [0.2, 0.25) is 0 Å². The van der Waals surface area contributed by atoms with Crippen LogP contribution < -0.4 is 10.7 Å². The van der Waals surface area contributed by atoms with E-state index in [1.54, 1.807) is 25.1 Å². The minimum absolute atomic E-state index is 0.104. The molecule has 1 amide bonds. The second kappa shape index (κ2) is 8.64. The molecule has 0 radical (unpaired) electrons. The second-order valence-corrected chi connectivity index (χ2v) is 9.66. The van der Waals surface area contributed by atoms with Crippen molar-refractivity contribution in [2.24, 2.45) is 0 Å². The summed E-state index contributed by atoms with van der Waals surface area (Å²) in [4.78, 5) is 25.1. The zero-order valence-corrected chi connectivity index (χ0v) is 18.1. The summed E-state index contributed by atoms with van der Waals surface area (Å²) in [7, 11) is -3.56. The average molecular weight is 441 g/mol. The maximum Gasteiger partial charge on any atom is 0.291 e. The fraction of sp³-hybridized carbons (Fsp3) is 0.304. The number of hydrogen-bond acceptors (Lipinski definition) is 5. The fourth-order valence-corrected chi connectivity index (χ4v) is 5.28. The van der Waals surface area contributed by atoms with Crippen molar-refractivity contribution in [3.05, 3.63) is 70.1 Å². The third-order valence-electron chi connectivity index (χ3n) is 5.49. The van der Waals surface area contributed by atoms with Crippen molar-refractivity contribution in [1.82, 2.24) is 4.31 Å². The lowest BCUT2D eigenvalue weighted by atomic mass is 10.1. The molecular weight excluding hydrogens is 416 g/mol. The fourth-order valence-electron chi connectivity index (χ4n) is 3.76. The van der Waals surface area contributed by atoms with Crippen LogP contribution in [0.4, 0.5) is 5.69 Å². The molecule has 0 aliphatic carbocycles. The molecule has 7 nitrogen and oxygen atoms in total. The Morgan fingerprint density at radius 3 is 2.35 bits per heavy atom. The Hall–Kier alpha value is -2.97. The van der Waals surface area contributed by atoms with Crippen molar-refractivity contribution in [1.29, 1.82) is 0 Å². The number of nitrogens with zero attached hydrogens (tertiary/aromatic N) is 1. The zero-order chi connectivity index (χ0) is 22.0. The molecule has 3 aromatic rings. The number of carbonyl (C=O) groups is 1. The summed E-state index contributed by atoms with van der Waals surface area (Å²) in [5, 5.41) is 3.07. The van der Waals surface area contributed by atoms with E-state index in [1.165, 1.54) is 28.6 Å². The van der Waals surface area contributed by atoms with Crippen molar-refractivity contribution >= 4 is 32.6 Å². The van der Waals surface area contributed by atoms with Gasteiger partial charge in [0.1, 0.15) is 5.58 Å². The van der Waals surface area contributed by atoms with Crippen molar-refractivity contribution < 1.29 is 17.6 Å². The SMILES string of the molecule is Cc1cccc2c(=O)cc(C(=O)Nc3ccc(S(=O)(=O)N4CCCCCC4)cc3)oc12. The lowest BCUT2D eigenvalue weighted by Crippen LogP contribution is -2.31. The van der Waals surface area contributed by atoms with E-state index < -0.39 is 15.9 Å². The highest BCUT2D eigenvalue weighted by Gasteiger charge is 2.25. The van der Waals surface area contributed by atoms with E-state index in [9.17, 15) is 18.0 Å². The first-order valence-electron chi connectivity index (χ1n) is 10.3. The van der Waals surface area contributed by atoms with Gasteiger partial charge in [-0.1, -0.05) is 25.0 Å². The number of carbonyl (C=O) groups excluding carboxylic acids is 1. The number of amides is 1. The van der Waals surface area contributed by atoms with Crippen molar-refractivity contribution in [2.45, 2.75) is 37.5 Å². The van der Waals surface area contributed by atoms with Gasteiger partial charge in [0.25, 0.3) is 5.91 Å². The Bertz CT molecular complexity index is 1270. The molecule has 0 unspecified atom stereocenters. The van der Waals surface area contributed by atoms with Gasteiger partial charge in [-0.2, -0.15) is 4.31 Å². The molecule has 1 saturated heterocycles. The third-order valence-corrected chi connectivity index (χ3v) is 7.40. The van der Waals surface area contributed by atoms with Gasteiger partial charge in [0.2, 0.25) is 10.0 Å². The van der Waals surface area contributed by atoms with E-state index in [0.717, 1.165) is 37.3 Å². The number of hydrogen-bond donors (Lipinski definition) is 1. The van der Waals surface area contributed by atoms with E-state index >= 15 is 0 Å². The number of aryl methyl sites for hydroxylation is 1. The first-order chi connectivity index (χ1) is 14.9. The topological polar surface area (TPSA) is 96.7 Å². The molecule has 2 heterocycles. The summed E-state index contributed by atoms with van der Waals surface area (Å²) in [5.41, 5.74) is 1.24. The number of nitrogens with one attached hydrogen (secondary N) is 1. The molecule has 0 saturated carbocycles. The summed E-state index contributed by atoms with van der Waals surface area (Å²) in [6, 6.07) is 12.4. The van der Waals surface area contributed by atoms with E-state index in [0.29, 0.717) is 29.7 Å². The summed E-state index contributed by atoms with van der Waals surface area (Å²) >= 11 is 0. The van der Waals surface area contributed by atoms with Crippen LogP contribution in [0.25, 0.3) is 11.0 Å². The molecule has 1 aromatic heterocycles. The van der Waals surface area contributed by atoms with Crippen LogP contribution in [0.15, 0.2) is 62.6 Å². The largest absolute Gasteiger partial charge is 0.450 e. The van der Waals surface area contributed by atoms with Gasteiger partial charge in [-0.3, -0.25) is 9.59 Å². The van der Waals surface area contributed by atoms with E-state index in [-0.39, 0.29) is 16.1 Å². The quantitative estimate of drug-likeness (QED) is 0.663. The van der Waals surface area contributed by atoms with Gasteiger partial charge >= 0.3 is 0 Å². The standard InChI is InChI=1S/C23H24N2O5S/c1-16-7-6-8-19-20(26)15-21(30-22(16)19)23(27)24-17-9-11-18(12-10-17)31(28,29)25-13-4-2-3-5-14-25/h6-12,15H,2-5,13-14H2,1H3,(H,24,27). The number of sulfonamides is 1. The number of anilines is 1. The molecule has 4 rings (SSSR count). The normalized spacial score (nSPS) is 15.5. The average Bonchev–Trinajstić information content (AvgIpc) is 3.05. The predicted octanol–water partition coefficient (Wildman–Crippen LogP) is 3.92. The van der Waals surface area contributed by atoms with Crippen LogP contribution in [-0.2, 0) is 10.0 Å². The maximum absolute atomic E-state index is 12.9. The molecule has 31 heavy (non-hydrogen) atoms. The second-order valence-electron chi connectivity index (χ2n) is 7.72. The zero-order valence-electron chi connectivity index (χ0n) is 17.3.